The second-order valence-electron chi connectivity index (χ2n) is 2.97. The van der Waals surface area contributed by atoms with Crippen LogP contribution in [0.1, 0.15) is 16.2 Å². The molecule has 0 aromatic carbocycles. The van der Waals surface area contributed by atoms with Crippen LogP contribution < -0.4 is 4.90 Å². The van der Waals surface area contributed by atoms with Crippen LogP contribution in [0, 0.1) is 6.92 Å². The third-order valence-electron chi connectivity index (χ3n) is 1.50. The fraction of sp³-hybridized carbons (Fsp3) is 0.333. The van der Waals surface area contributed by atoms with E-state index in [1.807, 2.05) is 0 Å². The van der Waals surface area contributed by atoms with E-state index in [2.05, 4.69) is 9.97 Å². The lowest BCUT2D eigenvalue weighted by atomic mass is 10.3. The molecule has 0 atom stereocenters. The predicted molar refractivity (Wildman–Crippen MR) is 53.1 cm³/mol. The Morgan fingerprint density at radius 3 is 2.31 bits per heavy atom. The normalized spacial score (nSPS) is 8.44. The summed E-state index contributed by atoms with van der Waals surface area (Å²) in [6.07, 6.45) is 1.79. The summed E-state index contributed by atoms with van der Waals surface area (Å²) in [7, 11) is 3.46. The van der Waals surface area contributed by atoms with E-state index in [1.54, 1.807) is 32.1 Å². The van der Waals surface area contributed by atoms with Crippen LogP contribution in [-0.4, -0.2) is 41.3 Å². The molecule has 1 aromatic rings. The summed E-state index contributed by atoms with van der Waals surface area (Å²) in [5.74, 6) is -0.682. The van der Waals surface area contributed by atoms with Gasteiger partial charge in [0.15, 0.2) is 11.5 Å². The molecule has 1 rings (SSSR count). The van der Waals surface area contributed by atoms with Gasteiger partial charge in [0.1, 0.15) is 0 Å². The van der Waals surface area contributed by atoms with Crippen LogP contribution in [-0.2, 0) is 9.59 Å². The van der Waals surface area contributed by atoms with E-state index in [0.717, 1.165) is 0 Å². The number of carbonyl (C=O) groups excluding carboxylic acids is 2. The van der Waals surface area contributed by atoms with Gasteiger partial charge in [0, 0.05) is 14.1 Å². The highest BCUT2D eigenvalue weighted by molar-refractivity contribution is 5.90. The van der Waals surface area contributed by atoms with E-state index in [0.29, 0.717) is 11.5 Å². The van der Waals surface area contributed by atoms with Crippen LogP contribution in [0.15, 0.2) is 6.20 Å². The van der Waals surface area contributed by atoms with Crippen molar-refractivity contribution in [1.82, 2.24) is 9.97 Å². The first-order chi connectivity index (χ1) is 7.43. The standard InChI is InChI=1S/C8H11N3O2.CO2/c1-5-4-9-7(11(2)3)6(10-5)8(12)13;2-1-3/h4H,1-3H3,(H,12,13);. The van der Waals surface area contributed by atoms with Crippen molar-refractivity contribution >= 4 is 17.9 Å². The van der Waals surface area contributed by atoms with Gasteiger partial charge >= 0.3 is 12.1 Å². The number of hydrogen-bond acceptors (Lipinski definition) is 6. The highest BCUT2D eigenvalue weighted by Gasteiger charge is 2.14. The fourth-order valence-electron chi connectivity index (χ4n) is 0.942. The summed E-state index contributed by atoms with van der Waals surface area (Å²) in [4.78, 5) is 36.5. The largest absolute Gasteiger partial charge is 0.476 e. The molecule has 1 aromatic heterocycles. The van der Waals surface area contributed by atoms with E-state index < -0.39 is 5.97 Å². The van der Waals surface area contributed by atoms with Crippen molar-refractivity contribution in [2.75, 3.05) is 19.0 Å². The van der Waals surface area contributed by atoms with Crippen LogP contribution in [0.25, 0.3) is 0 Å². The van der Waals surface area contributed by atoms with Crippen molar-refractivity contribution in [3.05, 3.63) is 17.6 Å². The zero-order chi connectivity index (χ0) is 12.7. The minimum absolute atomic E-state index is 0.00926. The number of aryl methyl sites for hydroxylation is 1. The Bertz CT molecular complexity index is 411. The molecule has 1 heterocycles. The Morgan fingerprint density at radius 1 is 1.44 bits per heavy atom. The average molecular weight is 225 g/mol. The van der Waals surface area contributed by atoms with Crippen LogP contribution in [0.5, 0.6) is 0 Å². The number of carboxylic acids is 1. The van der Waals surface area contributed by atoms with Gasteiger partial charge in [-0.2, -0.15) is 9.59 Å². The maximum absolute atomic E-state index is 10.7. The molecule has 0 bridgehead atoms. The van der Waals surface area contributed by atoms with Crippen LogP contribution in [0.4, 0.5) is 5.82 Å². The number of carboxylic acid groups (broad SMARTS) is 1. The van der Waals surface area contributed by atoms with Crippen LogP contribution >= 0.6 is 0 Å². The Labute approximate surface area is 91.7 Å². The molecule has 0 saturated heterocycles. The van der Waals surface area contributed by atoms with E-state index >= 15 is 0 Å². The molecule has 0 unspecified atom stereocenters. The molecule has 0 amide bonds. The minimum Gasteiger partial charge on any atom is -0.476 e. The number of carbonyl (C=O) groups is 1. The first kappa shape index (κ1) is 13.7. The van der Waals surface area contributed by atoms with Crippen molar-refractivity contribution in [2.24, 2.45) is 0 Å². The molecule has 7 heteroatoms. The van der Waals surface area contributed by atoms with Crippen molar-refractivity contribution in [2.45, 2.75) is 6.92 Å². The molecule has 0 aliphatic carbocycles. The van der Waals surface area contributed by atoms with E-state index in [9.17, 15) is 4.79 Å². The minimum atomic E-state index is -1.06. The smallest absolute Gasteiger partial charge is 0.373 e. The molecule has 0 radical (unpaired) electrons. The highest BCUT2D eigenvalue weighted by atomic mass is 16.4. The maximum atomic E-state index is 10.7. The van der Waals surface area contributed by atoms with Gasteiger partial charge in [0.25, 0.3) is 0 Å². The lowest BCUT2D eigenvalue weighted by Crippen LogP contribution is -2.17. The summed E-state index contributed by atoms with van der Waals surface area (Å²) < 4.78 is 0. The summed E-state index contributed by atoms with van der Waals surface area (Å²) in [6.45, 7) is 1.71. The second kappa shape index (κ2) is 6.26. The Balaban J connectivity index is 0.000000673. The van der Waals surface area contributed by atoms with Gasteiger partial charge in [-0.1, -0.05) is 0 Å². The Morgan fingerprint density at radius 2 is 1.94 bits per heavy atom. The van der Waals surface area contributed by atoms with Gasteiger partial charge in [0.2, 0.25) is 0 Å². The third kappa shape index (κ3) is 3.85. The average Bonchev–Trinajstić information content (AvgIpc) is 2.18. The third-order valence-corrected chi connectivity index (χ3v) is 1.50. The second-order valence-corrected chi connectivity index (χ2v) is 2.97. The zero-order valence-electron chi connectivity index (χ0n) is 9.09. The Kier molecular flexibility index (Phi) is 5.37. The summed E-state index contributed by atoms with van der Waals surface area (Å²) in [6, 6.07) is 0. The molecule has 86 valence electrons. The van der Waals surface area contributed by atoms with E-state index in [-0.39, 0.29) is 11.8 Å². The van der Waals surface area contributed by atoms with E-state index in [4.69, 9.17) is 14.7 Å². The molecule has 0 spiro atoms. The first-order valence-electron chi connectivity index (χ1n) is 4.17. The van der Waals surface area contributed by atoms with Crippen LogP contribution in [0.3, 0.4) is 0 Å². The van der Waals surface area contributed by atoms with Gasteiger partial charge in [0.05, 0.1) is 11.9 Å². The molecular formula is C9H11N3O4. The van der Waals surface area contributed by atoms with Gasteiger partial charge in [-0.15, -0.1) is 0 Å². The molecule has 7 nitrogen and oxygen atoms in total. The van der Waals surface area contributed by atoms with Gasteiger partial charge in [-0.3, -0.25) is 0 Å². The fourth-order valence-corrected chi connectivity index (χ4v) is 0.942. The SMILES string of the molecule is Cc1cnc(N(C)C)c(C(=O)O)n1.O=C=O. The lowest BCUT2D eigenvalue weighted by molar-refractivity contribution is -0.191. The highest BCUT2D eigenvalue weighted by Crippen LogP contribution is 2.12. The monoisotopic (exact) mass is 225 g/mol. The van der Waals surface area contributed by atoms with Gasteiger partial charge < -0.3 is 10.0 Å². The van der Waals surface area contributed by atoms with Gasteiger partial charge in [-0.05, 0) is 6.92 Å². The topological polar surface area (TPSA) is 100 Å². The van der Waals surface area contributed by atoms with Crippen molar-refractivity contribution in [3.8, 4) is 0 Å². The summed E-state index contributed by atoms with van der Waals surface area (Å²) in [5.41, 5.74) is 0.591. The number of aromatic nitrogens is 2. The number of aromatic carboxylic acids is 1. The quantitative estimate of drug-likeness (QED) is 0.753. The van der Waals surface area contributed by atoms with Crippen molar-refractivity contribution in [3.63, 3.8) is 0 Å². The predicted octanol–water partition coefficient (Wildman–Crippen LogP) is -0.0343. The molecule has 0 saturated carbocycles. The summed E-state index contributed by atoms with van der Waals surface area (Å²) in [5, 5.41) is 8.81. The molecule has 16 heavy (non-hydrogen) atoms. The number of nitrogens with zero attached hydrogens (tertiary/aromatic N) is 3. The maximum Gasteiger partial charge on any atom is 0.373 e. The Hall–Kier alpha value is -2.27. The molecule has 0 aliphatic rings. The lowest BCUT2D eigenvalue weighted by Gasteiger charge is -2.12. The zero-order valence-corrected chi connectivity index (χ0v) is 9.09. The van der Waals surface area contributed by atoms with Crippen molar-refractivity contribution < 1.29 is 19.5 Å². The first-order valence-corrected chi connectivity index (χ1v) is 4.17. The molecule has 0 fully saturated rings. The van der Waals surface area contributed by atoms with Gasteiger partial charge in [-0.25, -0.2) is 14.8 Å². The van der Waals surface area contributed by atoms with Crippen LogP contribution in [0.2, 0.25) is 0 Å². The molecule has 0 aliphatic heterocycles. The summed E-state index contributed by atoms with van der Waals surface area (Å²) >= 11 is 0. The number of rotatable bonds is 2. The number of anilines is 1. The van der Waals surface area contributed by atoms with Crippen molar-refractivity contribution in [1.29, 1.82) is 0 Å². The molecular weight excluding hydrogens is 214 g/mol. The molecule has 1 N–H and O–H groups in total. The number of hydrogen-bond donors (Lipinski definition) is 1. The van der Waals surface area contributed by atoms with E-state index in [1.165, 1.54) is 0 Å².